The van der Waals surface area contributed by atoms with Crippen molar-refractivity contribution in [1.82, 2.24) is 21.3 Å². The van der Waals surface area contributed by atoms with Crippen LogP contribution in [0, 0.1) is 36.3 Å². The molecule has 0 fully saturated rings. The van der Waals surface area contributed by atoms with Crippen LogP contribution < -0.4 is 21.3 Å². The zero-order valence-corrected chi connectivity index (χ0v) is 45.1. The Bertz CT molecular complexity index is 2340. The van der Waals surface area contributed by atoms with Gasteiger partial charge in [-0.05, 0) is 104 Å². The highest BCUT2D eigenvalue weighted by Gasteiger charge is 2.20. The summed E-state index contributed by atoms with van der Waals surface area (Å²) in [6.45, 7) is 20.9. The smallest absolute Gasteiger partial charge is 0.328 e. The first-order valence-corrected chi connectivity index (χ1v) is 25.1. The highest BCUT2D eigenvalue weighted by atomic mass is 32.1. The zero-order valence-electron chi connectivity index (χ0n) is 44.3. The molecule has 1 aromatic heterocycles. The number of nitrogens with one attached hydrogen (secondary N) is 4. The molecule has 16 nitrogen and oxygen atoms in total. The van der Waals surface area contributed by atoms with E-state index in [0.717, 1.165) is 40.5 Å². The molecule has 4 atom stereocenters. The molecule has 4 aromatic rings. The Morgan fingerprint density at radius 1 is 0.473 bits per heavy atom. The van der Waals surface area contributed by atoms with Crippen molar-refractivity contribution in [2.24, 2.45) is 17.8 Å². The van der Waals surface area contributed by atoms with E-state index in [1.807, 2.05) is 120 Å². The van der Waals surface area contributed by atoms with Crippen LogP contribution in [-0.2, 0) is 78.3 Å². The Morgan fingerprint density at radius 2 is 0.824 bits per heavy atom. The van der Waals surface area contributed by atoms with Gasteiger partial charge in [-0.3, -0.25) is 24.0 Å². The number of amides is 4. The monoisotopic (exact) mass is 1050 g/mol. The lowest BCUT2D eigenvalue weighted by molar-refractivity contribution is -0.148. The molecule has 0 saturated heterocycles. The van der Waals surface area contributed by atoms with Gasteiger partial charge in [-0.1, -0.05) is 102 Å². The molecule has 19 heteroatoms. The van der Waals surface area contributed by atoms with Gasteiger partial charge >= 0.3 is 23.9 Å². The van der Waals surface area contributed by atoms with Gasteiger partial charge in [0.25, 0.3) is 0 Å². The van der Waals surface area contributed by atoms with Crippen LogP contribution in [0.25, 0.3) is 0 Å². The summed E-state index contributed by atoms with van der Waals surface area (Å²) >= 11 is 1.55. The quantitative estimate of drug-likeness (QED) is 0.0387. The summed E-state index contributed by atoms with van der Waals surface area (Å²) in [6, 6.07) is 18.8. The molecule has 0 aliphatic rings. The predicted molar refractivity (Wildman–Crippen MR) is 279 cm³/mol. The molecule has 4 rings (SSSR count). The van der Waals surface area contributed by atoms with Gasteiger partial charge in [0.05, 0.1) is 45.5 Å². The van der Waals surface area contributed by atoms with Crippen LogP contribution in [0.3, 0.4) is 0 Å². The summed E-state index contributed by atoms with van der Waals surface area (Å²) in [7, 11) is 0. The van der Waals surface area contributed by atoms with Gasteiger partial charge in [0.1, 0.15) is 35.8 Å². The average Bonchev–Trinajstić information content (AvgIpc) is 3.83. The lowest BCUT2D eigenvalue weighted by atomic mass is 10.1. The minimum Gasteiger partial charge on any atom is -0.480 e. The lowest BCUT2D eigenvalue weighted by Gasteiger charge is -2.14. The van der Waals surface area contributed by atoms with Crippen LogP contribution in [0.1, 0.15) is 97.1 Å². The number of aryl methyl sites for hydroxylation is 1. The molecule has 4 unspecified atom stereocenters. The predicted octanol–water partition coefficient (Wildman–Crippen LogP) is 7.27. The van der Waals surface area contributed by atoms with Gasteiger partial charge < -0.3 is 40.6 Å². The third-order valence-corrected chi connectivity index (χ3v) is 10.3. The Kier molecular flexibility index (Phi) is 30.9. The molecular weight excluding hydrogens is 979 g/mol. The number of hydrogen-bond donors (Lipinski definition) is 5. The number of carboxylic acid groups (broad SMARTS) is 1. The fourth-order valence-electron chi connectivity index (χ4n) is 5.68. The van der Waals surface area contributed by atoms with Gasteiger partial charge in [0, 0.05) is 6.07 Å². The number of carbonyl (C=O) groups excluding carboxylic acids is 7. The van der Waals surface area contributed by atoms with E-state index in [0.29, 0.717) is 25.6 Å². The number of halogens is 2. The van der Waals surface area contributed by atoms with Crippen LogP contribution in [0.2, 0.25) is 0 Å². The number of thiophene rings is 1. The normalized spacial score (nSPS) is 12.1. The Morgan fingerprint density at radius 3 is 1.18 bits per heavy atom. The van der Waals surface area contributed by atoms with Gasteiger partial charge in [0.2, 0.25) is 23.6 Å². The van der Waals surface area contributed by atoms with E-state index in [4.69, 9.17) is 19.3 Å². The maximum atomic E-state index is 13.0. The number of rotatable bonds is 22. The first-order valence-electron chi connectivity index (χ1n) is 24.2. The maximum absolute atomic E-state index is 13.0. The Balaban J connectivity index is 0.000000497. The molecule has 0 aliphatic heterocycles. The van der Waals surface area contributed by atoms with E-state index in [2.05, 4.69) is 21.3 Å². The number of ether oxygens (including phenoxy) is 3. The summed E-state index contributed by atoms with van der Waals surface area (Å²) in [6.07, 6.45) is 0.558. The summed E-state index contributed by atoms with van der Waals surface area (Å²) in [5, 5.41) is 22.5. The second-order valence-corrected chi connectivity index (χ2v) is 19.4. The van der Waals surface area contributed by atoms with Gasteiger partial charge in [-0.15, -0.1) is 0 Å². The first kappa shape index (κ1) is 65.0. The molecule has 5 N–H and O–H groups in total. The van der Waals surface area contributed by atoms with Crippen LogP contribution >= 0.6 is 11.3 Å². The molecule has 0 spiro atoms. The second-order valence-electron chi connectivity index (χ2n) is 18.7. The number of aliphatic carboxylic acids is 1. The van der Waals surface area contributed by atoms with Crippen molar-refractivity contribution in [3.05, 3.63) is 129 Å². The zero-order chi connectivity index (χ0) is 55.9. The third-order valence-electron chi connectivity index (χ3n) is 9.54. The Labute approximate surface area is 437 Å². The van der Waals surface area contributed by atoms with E-state index in [1.165, 1.54) is 13.8 Å². The number of carboxylic acids is 1. The lowest BCUT2D eigenvalue weighted by Crippen LogP contribution is -2.40. The average molecular weight is 1050 g/mol. The molecule has 74 heavy (non-hydrogen) atoms. The summed E-state index contributed by atoms with van der Waals surface area (Å²) in [5.74, 6) is -4.19. The van der Waals surface area contributed by atoms with Crippen molar-refractivity contribution in [1.29, 1.82) is 0 Å². The Hall–Kier alpha value is -7.02. The van der Waals surface area contributed by atoms with Gasteiger partial charge in [-0.25, -0.2) is 23.2 Å². The van der Waals surface area contributed by atoms with Crippen molar-refractivity contribution >= 4 is 58.8 Å². The molecule has 406 valence electrons. The largest absolute Gasteiger partial charge is 0.480 e. The minimum atomic E-state index is -1.03. The molecule has 0 radical (unpaired) electrons. The van der Waals surface area contributed by atoms with E-state index < -0.39 is 59.6 Å². The van der Waals surface area contributed by atoms with Crippen molar-refractivity contribution < 1.29 is 66.5 Å². The van der Waals surface area contributed by atoms with E-state index >= 15 is 0 Å². The summed E-state index contributed by atoms with van der Waals surface area (Å²) in [5.41, 5.74) is 4.11. The topological polar surface area (TPSA) is 233 Å². The molecule has 0 aliphatic carbocycles. The summed E-state index contributed by atoms with van der Waals surface area (Å²) < 4.78 is 41.1. The number of esters is 3. The van der Waals surface area contributed by atoms with Crippen molar-refractivity contribution in [2.45, 2.75) is 126 Å². The minimum absolute atomic E-state index is 0.164. The van der Waals surface area contributed by atoms with Crippen molar-refractivity contribution in [3.8, 4) is 0 Å². The fraction of sp³-hybridized carbons (Fsp3) is 0.455. The maximum Gasteiger partial charge on any atom is 0.328 e. The fourth-order valence-corrected chi connectivity index (χ4v) is 6.35. The van der Waals surface area contributed by atoms with Crippen LogP contribution in [-0.4, -0.2) is 96.6 Å². The SMILES string of the molecule is CC(C)COC(=O)C(C)NC(=O)Cc1cc(F)cc(F)c1.CC(C)COC(=O)C(C)NC(=O)Cc1ccsc1.CC(NC(=O)Cc1ccccc1)C(=O)O.Cc1ccc(CC(=O)NC(C)C(=O)OCC(C)C)cc1. The van der Waals surface area contributed by atoms with E-state index in [9.17, 15) is 47.1 Å². The van der Waals surface area contributed by atoms with Crippen molar-refractivity contribution in [3.63, 3.8) is 0 Å². The highest BCUT2D eigenvalue weighted by molar-refractivity contribution is 7.08. The van der Waals surface area contributed by atoms with E-state index in [-0.39, 0.29) is 67.0 Å². The molecule has 3 aromatic carbocycles. The standard InChI is InChI=1S/C16H23NO3.C15H19F2NO3.C13H19NO3S.C11H13NO3/c1-11(2)10-20-16(19)13(4)17-15(18)9-14-7-5-12(3)6-8-14;1-9(2)8-21-15(20)10(3)18-14(19)6-11-4-12(16)7-13(17)5-11;1-9(2)7-17-13(16)10(3)14-12(15)6-11-4-5-18-8-11;1-8(11(14)15)12-10(13)7-9-5-3-2-4-6-9/h5-8,11,13H,9-10H2,1-4H3,(H,17,18);4-5,7,9-10H,6,8H2,1-3H3,(H,18,19);4-5,8-10H,6-7H2,1-3H3,(H,14,15);2-6,8H,7H2,1H3,(H,12,13)(H,14,15). The molecule has 1 heterocycles. The van der Waals surface area contributed by atoms with Crippen LogP contribution in [0.5, 0.6) is 0 Å². The number of hydrogen-bond acceptors (Lipinski definition) is 12. The highest BCUT2D eigenvalue weighted by Crippen LogP contribution is 2.10. The molecule has 4 amide bonds. The van der Waals surface area contributed by atoms with Crippen LogP contribution in [0.15, 0.2) is 89.6 Å². The second kappa shape index (κ2) is 35.2. The summed E-state index contributed by atoms with van der Waals surface area (Å²) in [4.78, 5) is 91.8. The molecular formula is C55H74F2N4O12S. The van der Waals surface area contributed by atoms with Crippen LogP contribution in [0.4, 0.5) is 8.78 Å². The van der Waals surface area contributed by atoms with Crippen molar-refractivity contribution in [2.75, 3.05) is 19.8 Å². The van der Waals surface area contributed by atoms with E-state index in [1.54, 1.807) is 25.2 Å². The third kappa shape index (κ3) is 30.8. The number of benzene rings is 3. The molecule has 0 bridgehead atoms. The first-order chi connectivity index (χ1) is 34.7. The van der Waals surface area contributed by atoms with Gasteiger partial charge in [-0.2, -0.15) is 11.3 Å². The molecule has 0 saturated carbocycles. The number of carbonyl (C=O) groups is 8. The van der Waals surface area contributed by atoms with Gasteiger partial charge in [0.15, 0.2) is 0 Å².